The molecular formula is C26H33N3O. The number of urea groups is 1. The van der Waals surface area contributed by atoms with Gasteiger partial charge in [0, 0.05) is 30.2 Å². The summed E-state index contributed by atoms with van der Waals surface area (Å²) in [5, 5.41) is 3.11. The van der Waals surface area contributed by atoms with Gasteiger partial charge in [0.05, 0.1) is 6.54 Å². The predicted molar refractivity (Wildman–Crippen MR) is 125 cm³/mol. The Morgan fingerprint density at radius 3 is 2.47 bits per heavy atom. The van der Waals surface area contributed by atoms with Crippen molar-refractivity contribution in [3.05, 3.63) is 89.2 Å². The number of amides is 2. The number of carbonyl (C=O) groups is 1. The van der Waals surface area contributed by atoms with Gasteiger partial charge in [-0.05, 0) is 56.0 Å². The number of hydrogen-bond donors (Lipinski definition) is 1. The van der Waals surface area contributed by atoms with E-state index in [9.17, 15) is 4.79 Å². The van der Waals surface area contributed by atoms with E-state index in [1.165, 1.54) is 11.1 Å². The van der Waals surface area contributed by atoms with Crippen LogP contribution in [-0.4, -0.2) is 21.5 Å². The molecule has 3 rings (SSSR count). The largest absolute Gasteiger partial charge is 0.345 e. The maximum atomic E-state index is 13.3. The molecule has 30 heavy (non-hydrogen) atoms. The summed E-state index contributed by atoms with van der Waals surface area (Å²) in [4.78, 5) is 15.2. The fourth-order valence-electron chi connectivity index (χ4n) is 3.59. The van der Waals surface area contributed by atoms with Crippen molar-refractivity contribution in [2.45, 2.75) is 53.8 Å². The second-order valence-electron chi connectivity index (χ2n) is 8.47. The third-order valence-corrected chi connectivity index (χ3v) is 5.80. The Labute approximate surface area is 180 Å². The number of carbonyl (C=O) groups excluding carboxylic acids is 1. The summed E-state index contributed by atoms with van der Waals surface area (Å²) >= 11 is 0. The number of anilines is 1. The lowest BCUT2D eigenvalue weighted by Gasteiger charge is -2.32. The molecule has 158 valence electrons. The van der Waals surface area contributed by atoms with E-state index in [1.807, 2.05) is 36.1 Å². The molecular weight excluding hydrogens is 370 g/mol. The van der Waals surface area contributed by atoms with E-state index in [0.717, 1.165) is 23.5 Å². The molecule has 2 amide bonds. The first-order valence-electron chi connectivity index (χ1n) is 10.7. The van der Waals surface area contributed by atoms with Crippen molar-refractivity contribution in [2.24, 2.45) is 5.92 Å². The van der Waals surface area contributed by atoms with Crippen LogP contribution in [0.5, 0.6) is 0 Å². The normalized spacial score (nSPS) is 12.1. The highest BCUT2D eigenvalue weighted by molar-refractivity contribution is 5.90. The number of aromatic nitrogens is 1. The summed E-state index contributed by atoms with van der Waals surface area (Å²) in [6, 6.07) is 20.7. The Kier molecular flexibility index (Phi) is 6.99. The van der Waals surface area contributed by atoms with Gasteiger partial charge in [0.25, 0.3) is 0 Å². The highest BCUT2D eigenvalue weighted by atomic mass is 16.2. The van der Waals surface area contributed by atoms with Crippen LogP contribution in [-0.2, 0) is 13.1 Å². The smallest absolute Gasteiger partial charge is 0.322 e. The highest BCUT2D eigenvalue weighted by Gasteiger charge is 2.24. The number of benzene rings is 2. The maximum Gasteiger partial charge on any atom is 0.322 e. The molecule has 0 bridgehead atoms. The van der Waals surface area contributed by atoms with Gasteiger partial charge in [-0.1, -0.05) is 61.9 Å². The van der Waals surface area contributed by atoms with E-state index in [4.69, 9.17) is 0 Å². The van der Waals surface area contributed by atoms with E-state index < -0.39 is 0 Å². The molecule has 0 aliphatic carbocycles. The van der Waals surface area contributed by atoms with Crippen molar-refractivity contribution in [2.75, 3.05) is 5.32 Å². The van der Waals surface area contributed by atoms with Crippen molar-refractivity contribution in [1.82, 2.24) is 9.47 Å². The molecule has 3 aromatic rings. The van der Waals surface area contributed by atoms with Gasteiger partial charge in [0.1, 0.15) is 0 Å². The summed E-state index contributed by atoms with van der Waals surface area (Å²) < 4.78 is 2.23. The van der Waals surface area contributed by atoms with Gasteiger partial charge in [-0.3, -0.25) is 0 Å². The highest BCUT2D eigenvalue weighted by Crippen LogP contribution is 2.20. The van der Waals surface area contributed by atoms with Crippen LogP contribution in [0.15, 0.2) is 66.9 Å². The molecule has 0 fully saturated rings. The van der Waals surface area contributed by atoms with Crippen LogP contribution >= 0.6 is 0 Å². The molecule has 0 unspecified atom stereocenters. The van der Waals surface area contributed by atoms with Crippen LogP contribution in [0, 0.1) is 19.8 Å². The fourth-order valence-corrected chi connectivity index (χ4v) is 3.59. The van der Waals surface area contributed by atoms with Crippen molar-refractivity contribution >= 4 is 11.7 Å². The maximum absolute atomic E-state index is 13.3. The Morgan fingerprint density at radius 2 is 1.77 bits per heavy atom. The van der Waals surface area contributed by atoms with Crippen molar-refractivity contribution in [3.63, 3.8) is 0 Å². The lowest BCUT2D eigenvalue weighted by molar-refractivity contribution is 0.168. The van der Waals surface area contributed by atoms with Gasteiger partial charge in [-0.25, -0.2) is 4.79 Å². The van der Waals surface area contributed by atoms with Gasteiger partial charge in [0.15, 0.2) is 0 Å². The number of rotatable bonds is 7. The van der Waals surface area contributed by atoms with Crippen molar-refractivity contribution < 1.29 is 4.79 Å². The molecule has 0 aliphatic heterocycles. The first-order valence-corrected chi connectivity index (χ1v) is 10.7. The molecule has 1 N–H and O–H groups in total. The number of nitrogens with zero attached hydrogens (tertiary/aromatic N) is 2. The minimum atomic E-state index is -0.0613. The topological polar surface area (TPSA) is 37.3 Å². The van der Waals surface area contributed by atoms with Crippen molar-refractivity contribution in [3.8, 4) is 0 Å². The fraction of sp³-hybridized carbons (Fsp3) is 0.346. The molecule has 0 radical (unpaired) electrons. The molecule has 0 aliphatic rings. The van der Waals surface area contributed by atoms with Crippen LogP contribution < -0.4 is 5.32 Å². The molecule has 1 heterocycles. The Morgan fingerprint density at radius 1 is 1.00 bits per heavy atom. The second-order valence-corrected chi connectivity index (χ2v) is 8.47. The zero-order valence-electron chi connectivity index (χ0n) is 18.7. The number of hydrogen-bond acceptors (Lipinski definition) is 1. The van der Waals surface area contributed by atoms with E-state index in [0.29, 0.717) is 12.5 Å². The predicted octanol–water partition coefficient (Wildman–Crippen LogP) is 6.23. The zero-order chi connectivity index (χ0) is 21.7. The number of aryl methyl sites for hydroxylation is 2. The van der Waals surface area contributed by atoms with Crippen LogP contribution in [0.4, 0.5) is 10.5 Å². The van der Waals surface area contributed by atoms with Gasteiger partial charge >= 0.3 is 6.03 Å². The summed E-state index contributed by atoms with van der Waals surface area (Å²) in [5.41, 5.74) is 5.57. The molecule has 0 saturated carbocycles. The SMILES string of the molecule is Cc1cccc(Cn2cccc2CN(C(=O)Nc2ccccc2C)[C@@H](C)C(C)C)c1. The Bertz CT molecular complexity index is 989. The quantitative estimate of drug-likeness (QED) is 0.499. The van der Waals surface area contributed by atoms with E-state index in [2.05, 4.69) is 80.2 Å². The van der Waals surface area contributed by atoms with Gasteiger partial charge in [-0.15, -0.1) is 0 Å². The standard InChI is InChI=1S/C26H33N3O/c1-19(2)22(5)29(26(30)27-25-14-7-6-11-21(25)4)18-24-13-9-15-28(24)17-23-12-8-10-20(3)16-23/h6-16,19,22H,17-18H2,1-5H3,(H,27,30)/t22-/m0/s1. The zero-order valence-corrected chi connectivity index (χ0v) is 18.7. The third-order valence-electron chi connectivity index (χ3n) is 5.80. The van der Waals surface area contributed by atoms with E-state index in [1.54, 1.807) is 0 Å². The van der Waals surface area contributed by atoms with Crippen LogP contribution in [0.1, 0.15) is 43.2 Å². The second kappa shape index (κ2) is 9.66. The molecule has 4 heteroatoms. The van der Waals surface area contributed by atoms with Gasteiger partial charge in [-0.2, -0.15) is 0 Å². The number of nitrogens with one attached hydrogen (secondary N) is 1. The molecule has 1 aromatic heterocycles. The summed E-state index contributed by atoms with van der Waals surface area (Å²) in [6.07, 6.45) is 2.09. The van der Waals surface area contributed by atoms with Crippen molar-refractivity contribution in [1.29, 1.82) is 0 Å². The van der Waals surface area contributed by atoms with Crippen LogP contribution in [0.25, 0.3) is 0 Å². The summed E-state index contributed by atoms with van der Waals surface area (Å²) in [7, 11) is 0. The lowest BCUT2D eigenvalue weighted by Crippen LogP contribution is -2.43. The third kappa shape index (κ3) is 5.32. The van der Waals surface area contributed by atoms with E-state index >= 15 is 0 Å². The van der Waals surface area contributed by atoms with E-state index in [-0.39, 0.29) is 12.1 Å². The minimum absolute atomic E-state index is 0.0613. The number of para-hydroxylation sites is 1. The Hall–Kier alpha value is -3.01. The molecule has 2 aromatic carbocycles. The minimum Gasteiger partial charge on any atom is -0.345 e. The van der Waals surface area contributed by atoms with Gasteiger partial charge < -0.3 is 14.8 Å². The van der Waals surface area contributed by atoms with Crippen LogP contribution in [0.3, 0.4) is 0 Å². The lowest BCUT2D eigenvalue weighted by atomic mass is 10.0. The van der Waals surface area contributed by atoms with Gasteiger partial charge in [0.2, 0.25) is 0 Å². The average Bonchev–Trinajstić information content (AvgIpc) is 3.14. The first-order chi connectivity index (χ1) is 14.3. The molecule has 4 nitrogen and oxygen atoms in total. The molecule has 1 atom stereocenters. The summed E-state index contributed by atoms with van der Waals surface area (Å²) in [6.45, 7) is 11.9. The Balaban J connectivity index is 1.81. The molecule has 0 saturated heterocycles. The monoisotopic (exact) mass is 403 g/mol. The average molecular weight is 404 g/mol. The summed E-state index contributed by atoms with van der Waals surface area (Å²) in [5.74, 6) is 0.354. The first kappa shape index (κ1) is 21.7. The molecule has 0 spiro atoms. The van der Waals surface area contributed by atoms with Crippen LogP contribution in [0.2, 0.25) is 0 Å².